The molecule has 5 heterocycles. The number of aromatic nitrogens is 3. The van der Waals surface area contributed by atoms with Crippen molar-refractivity contribution in [3.63, 3.8) is 0 Å². The van der Waals surface area contributed by atoms with Gasteiger partial charge in [0.25, 0.3) is 11.8 Å². The number of piperazine rings is 1. The zero-order valence-corrected chi connectivity index (χ0v) is 32.2. The molecule has 0 bridgehead atoms. The van der Waals surface area contributed by atoms with Crippen LogP contribution in [0.25, 0.3) is 0 Å². The van der Waals surface area contributed by atoms with Crippen LogP contribution < -0.4 is 26.2 Å². The number of benzene rings is 2. The number of imide groups is 1. The summed E-state index contributed by atoms with van der Waals surface area (Å²) >= 11 is 0. The number of hydrogen-bond donors (Lipinski definition) is 4. The number of amides is 4. The standard InChI is InChI=1S/C43H48N10O4/c1-3-18-44-40(55)34-25-45-43(50-39(34)48-36-15-9-29-8-7-28(4-2)38(29)47-36)46-31-10-5-27(6-11-31)17-19-51-20-22-52(23-21-51)32-12-13-33-30(24-32)26-53(42(33)57)35-14-16-37(54)49-41(35)56/h3,5-6,9-13,15,24-25,28,35H,1,4,7-8,14,16-23,26H2,2H3,(H,44,55)(H,49,54,56)(H2,45,46,47,48,50). The number of pyridine rings is 1. The average molecular weight is 769 g/mol. The van der Waals surface area contributed by atoms with Crippen LogP contribution in [-0.2, 0) is 29.0 Å². The van der Waals surface area contributed by atoms with E-state index in [1.54, 1.807) is 11.0 Å². The minimum atomic E-state index is -0.611. The molecule has 2 aromatic heterocycles. The fourth-order valence-electron chi connectivity index (χ4n) is 8.25. The number of carbonyl (C=O) groups excluding carboxylic acids is 4. The van der Waals surface area contributed by atoms with Crippen molar-refractivity contribution in [2.24, 2.45) is 0 Å². The molecule has 0 spiro atoms. The van der Waals surface area contributed by atoms with E-state index < -0.39 is 11.9 Å². The fourth-order valence-corrected chi connectivity index (χ4v) is 8.25. The summed E-state index contributed by atoms with van der Waals surface area (Å²) in [6.45, 7) is 11.1. The number of carbonyl (C=O) groups is 4. The van der Waals surface area contributed by atoms with Crippen LogP contribution in [0.15, 0.2) is 73.4 Å². The molecule has 4 amide bonds. The number of nitrogens with zero attached hydrogens (tertiary/aromatic N) is 6. The van der Waals surface area contributed by atoms with E-state index in [0.717, 1.165) is 81.0 Å². The lowest BCUT2D eigenvalue weighted by Gasteiger charge is -2.36. The van der Waals surface area contributed by atoms with E-state index in [0.29, 0.717) is 54.1 Å². The Hall–Kier alpha value is -6.15. The zero-order valence-electron chi connectivity index (χ0n) is 32.2. The molecule has 4 aliphatic rings. The smallest absolute Gasteiger partial charge is 0.256 e. The van der Waals surface area contributed by atoms with Crippen LogP contribution >= 0.6 is 0 Å². The number of piperidine rings is 1. The van der Waals surface area contributed by atoms with E-state index in [9.17, 15) is 19.2 Å². The van der Waals surface area contributed by atoms with Gasteiger partial charge in [-0.05, 0) is 85.2 Å². The van der Waals surface area contributed by atoms with Gasteiger partial charge in [-0.25, -0.2) is 9.97 Å². The van der Waals surface area contributed by atoms with Gasteiger partial charge >= 0.3 is 0 Å². The number of rotatable bonds is 13. The summed E-state index contributed by atoms with van der Waals surface area (Å²) in [6.07, 6.45) is 7.84. The van der Waals surface area contributed by atoms with E-state index in [1.807, 2.05) is 30.3 Å². The molecule has 14 nitrogen and oxygen atoms in total. The summed E-state index contributed by atoms with van der Waals surface area (Å²) in [7, 11) is 0. The highest BCUT2D eigenvalue weighted by Gasteiger charge is 2.39. The quantitative estimate of drug-likeness (QED) is 0.109. The van der Waals surface area contributed by atoms with E-state index in [1.165, 1.54) is 17.3 Å². The molecule has 3 aliphatic heterocycles. The maximum atomic E-state index is 13.1. The third kappa shape index (κ3) is 8.22. The highest BCUT2D eigenvalue weighted by atomic mass is 16.2. The first-order chi connectivity index (χ1) is 27.8. The molecule has 57 heavy (non-hydrogen) atoms. The molecule has 294 valence electrons. The van der Waals surface area contributed by atoms with E-state index in [-0.39, 0.29) is 24.1 Å². The van der Waals surface area contributed by atoms with Crippen molar-refractivity contribution in [1.29, 1.82) is 0 Å². The Labute approximate surface area is 332 Å². The monoisotopic (exact) mass is 768 g/mol. The lowest BCUT2D eigenvalue weighted by Crippen LogP contribution is -2.52. The van der Waals surface area contributed by atoms with Crippen LogP contribution in [0.2, 0.25) is 0 Å². The van der Waals surface area contributed by atoms with Crippen molar-refractivity contribution >= 4 is 52.6 Å². The third-order valence-corrected chi connectivity index (χ3v) is 11.5. The molecule has 14 heteroatoms. The van der Waals surface area contributed by atoms with E-state index >= 15 is 0 Å². The largest absolute Gasteiger partial charge is 0.369 e. The van der Waals surface area contributed by atoms with Crippen molar-refractivity contribution < 1.29 is 19.2 Å². The summed E-state index contributed by atoms with van der Waals surface area (Å²) in [5.41, 5.74) is 7.40. The first-order valence-electron chi connectivity index (χ1n) is 19.9. The van der Waals surface area contributed by atoms with Crippen LogP contribution in [0.1, 0.15) is 81.6 Å². The maximum Gasteiger partial charge on any atom is 0.256 e. The van der Waals surface area contributed by atoms with Gasteiger partial charge in [0, 0.05) is 87.0 Å². The zero-order chi connectivity index (χ0) is 39.5. The van der Waals surface area contributed by atoms with Crippen LogP contribution in [0.3, 0.4) is 0 Å². The molecule has 4 aromatic rings. The van der Waals surface area contributed by atoms with Gasteiger partial charge in [-0.2, -0.15) is 4.98 Å². The normalized spacial score (nSPS) is 19.2. The summed E-state index contributed by atoms with van der Waals surface area (Å²) in [5.74, 6) is 0.676. The number of fused-ring (bicyclic) bond motifs is 2. The number of aryl methyl sites for hydroxylation is 1. The molecule has 2 atom stereocenters. The van der Waals surface area contributed by atoms with Gasteiger partial charge in [-0.15, -0.1) is 6.58 Å². The second-order valence-corrected chi connectivity index (χ2v) is 15.1. The summed E-state index contributed by atoms with van der Waals surface area (Å²) < 4.78 is 0. The van der Waals surface area contributed by atoms with E-state index in [4.69, 9.17) is 9.97 Å². The number of hydrogen-bond acceptors (Lipinski definition) is 11. The van der Waals surface area contributed by atoms with Crippen molar-refractivity contribution in [3.8, 4) is 0 Å². The Bertz CT molecular complexity index is 2200. The lowest BCUT2D eigenvalue weighted by molar-refractivity contribution is -0.136. The molecule has 4 N–H and O–H groups in total. The fraction of sp³-hybridized carbons (Fsp3) is 0.372. The van der Waals surface area contributed by atoms with Crippen molar-refractivity contribution in [2.75, 3.05) is 54.8 Å². The van der Waals surface area contributed by atoms with Gasteiger partial charge in [0.1, 0.15) is 23.2 Å². The predicted molar refractivity (Wildman–Crippen MR) is 218 cm³/mol. The second-order valence-electron chi connectivity index (χ2n) is 15.1. The summed E-state index contributed by atoms with van der Waals surface area (Å²) in [5, 5.41) is 11.8. The molecule has 8 rings (SSSR count). The third-order valence-electron chi connectivity index (χ3n) is 11.5. The number of nitrogens with one attached hydrogen (secondary N) is 4. The Morgan fingerprint density at radius 2 is 1.77 bits per heavy atom. The lowest BCUT2D eigenvalue weighted by atomic mass is 10.0. The Morgan fingerprint density at radius 3 is 2.54 bits per heavy atom. The van der Waals surface area contributed by atoms with Crippen LogP contribution in [0, 0.1) is 0 Å². The summed E-state index contributed by atoms with van der Waals surface area (Å²) in [4.78, 5) is 70.7. The first-order valence-corrected chi connectivity index (χ1v) is 19.9. The Morgan fingerprint density at radius 1 is 0.947 bits per heavy atom. The molecule has 2 aromatic carbocycles. The van der Waals surface area contributed by atoms with Gasteiger partial charge < -0.3 is 25.8 Å². The second kappa shape index (κ2) is 16.5. The van der Waals surface area contributed by atoms with Gasteiger partial charge in [0.05, 0.1) is 0 Å². The Kier molecular flexibility index (Phi) is 10.9. The molecule has 0 radical (unpaired) electrons. The molecule has 1 aliphatic carbocycles. The molecule has 0 saturated carbocycles. The van der Waals surface area contributed by atoms with Crippen molar-refractivity contribution in [1.82, 2.24) is 35.4 Å². The van der Waals surface area contributed by atoms with Crippen LogP contribution in [0.5, 0.6) is 0 Å². The topological polar surface area (TPSA) is 165 Å². The van der Waals surface area contributed by atoms with Crippen LogP contribution in [0.4, 0.5) is 29.0 Å². The van der Waals surface area contributed by atoms with Gasteiger partial charge in [-0.3, -0.25) is 29.4 Å². The molecule has 2 unspecified atom stereocenters. The van der Waals surface area contributed by atoms with Crippen molar-refractivity contribution in [3.05, 3.63) is 107 Å². The summed E-state index contributed by atoms with van der Waals surface area (Å²) in [6, 6.07) is 17.6. The van der Waals surface area contributed by atoms with Crippen LogP contribution in [-0.4, -0.2) is 93.7 Å². The average Bonchev–Trinajstić information content (AvgIpc) is 3.79. The minimum Gasteiger partial charge on any atom is -0.369 e. The Balaban J connectivity index is 0.849. The first kappa shape index (κ1) is 37.8. The molecule has 2 saturated heterocycles. The maximum absolute atomic E-state index is 13.1. The molecular formula is C43H48N10O4. The highest BCUT2D eigenvalue weighted by Crippen LogP contribution is 2.35. The SMILES string of the molecule is C=CCNC(=O)c1cnc(Nc2ccc(CCN3CCN(c4ccc5c(c4)CN(C4CCC(=O)NC4=O)C5=O)CC3)cc2)nc1Nc1ccc2c(n1)C(CC)CC2. The number of anilines is 5. The van der Waals surface area contributed by atoms with Gasteiger partial charge in [0.15, 0.2) is 0 Å². The van der Waals surface area contributed by atoms with E-state index in [2.05, 4.69) is 73.8 Å². The highest BCUT2D eigenvalue weighted by molar-refractivity contribution is 6.05. The van der Waals surface area contributed by atoms with Crippen molar-refractivity contribution in [2.45, 2.75) is 64.0 Å². The predicted octanol–water partition coefficient (Wildman–Crippen LogP) is 4.84. The molecular weight excluding hydrogens is 721 g/mol. The molecule has 2 fully saturated rings. The van der Waals surface area contributed by atoms with Gasteiger partial charge in [-0.1, -0.05) is 31.2 Å². The minimum absolute atomic E-state index is 0.150. The van der Waals surface area contributed by atoms with Gasteiger partial charge in [0.2, 0.25) is 17.8 Å².